The highest BCUT2D eigenvalue weighted by Gasteiger charge is 2.08. The predicted molar refractivity (Wildman–Crippen MR) is 91.5 cm³/mol. The molecule has 110 valence electrons. The van der Waals surface area contributed by atoms with Crippen molar-refractivity contribution in [2.45, 2.75) is 26.2 Å². The second kappa shape index (κ2) is 6.99. The molecule has 0 saturated carbocycles. The summed E-state index contributed by atoms with van der Waals surface area (Å²) in [5.74, 6) is 0.813. The van der Waals surface area contributed by atoms with Crippen LogP contribution >= 0.6 is 0 Å². The van der Waals surface area contributed by atoms with Gasteiger partial charge in [0.1, 0.15) is 0 Å². The fourth-order valence-corrected chi connectivity index (χ4v) is 2.46. The van der Waals surface area contributed by atoms with Gasteiger partial charge in [-0.3, -0.25) is 0 Å². The molecular weight excluding hydrogens is 268 g/mol. The Labute approximate surface area is 131 Å². The first kappa shape index (κ1) is 14.5. The van der Waals surface area contributed by atoms with E-state index < -0.39 is 0 Å². The highest BCUT2D eigenvalue weighted by molar-refractivity contribution is 5.64. The van der Waals surface area contributed by atoms with Crippen LogP contribution in [0.5, 0.6) is 0 Å². The van der Waals surface area contributed by atoms with Crippen molar-refractivity contribution in [3.8, 4) is 22.6 Å². The molecule has 0 saturated heterocycles. The topological polar surface area (TPSA) is 25.8 Å². The van der Waals surface area contributed by atoms with Gasteiger partial charge in [0.2, 0.25) is 0 Å². The second-order valence-electron chi connectivity index (χ2n) is 5.40. The Bertz CT molecular complexity index is 663. The minimum atomic E-state index is 0.813. The Morgan fingerprint density at radius 3 is 2.05 bits per heavy atom. The number of unbranched alkanes of at least 4 members (excludes halogenated alkanes) is 1. The molecule has 0 bridgehead atoms. The van der Waals surface area contributed by atoms with Crippen LogP contribution in [0.4, 0.5) is 0 Å². The van der Waals surface area contributed by atoms with Crippen LogP contribution in [0.25, 0.3) is 22.6 Å². The van der Waals surface area contributed by atoms with Gasteiger partial charge in [0.25, 0.3) is 0 Å². The summed E-state index contributed by atoms with van der Waals surface area (Å²) in [7, 11) is 0. The van der Waals surface area contributed by atoms with E-state index in [0.717, 1.165) is 41.2 Å². The molecule has 0 N–H and O–H groups in total. The van der Waals surface area contributed by atoms with Gasteiger partial charge in [-0.25, -0.2) is 9.97 Å². The third-order valence-corrected chi connectivity index (χ3v) is 3.67. The standard InChI is InChI=1S/C20H20N2/c1-2-3-14-18-15-19(16-10-6-4-7-11-16)22-20(21-18)17-12-8-5-9-13-17/h4-13,15H,2-3,14H2,1H3. The van der Waals surface area contributed by atoms with E-state index >= 15 is 0 Å². The quantitative estimate of drug-likeness (QED) is 0.648. The van der Waals surface area contributed by atoms with Crippen LogP contribution in [0.3, 0.4) is 0 Å². The third kappa shape index (κ3) is 3.40. The Morgan fingerprint density at radius 2 is 1.41 bits per heavy atom. The molecule has 0 aliphatic rings. The van der Waals surface area contributed by atoms with Crippen molar-refractivity contribution in [1.29, 1.82) is 0 Å². The van der Waals surface area contributed by atoms with E-state index in [4.69, 9.17) is 9.97 Å². The second-order valence-corrected chi connectivity index (χ2v) is 5.40. The SMILES string of the molecule is CCCCc1cc(-c2ccccc2)nc(-c2ccccc2)n1. The molecule has 2 heteroatoms. The van der Waals surface area contributed by atoms with Crippen LogP contribution < -0.4 is 0 Å². The lowest BCUT2D eigenvalue weighted by molar-refractivity contribution is 0.775. The lowest BCUT2D eigenvalue weighted by Crippen LogP contribution is -1.98. The zero-order valence-electron chi connectivity index (χ0n) is 12.9. The van der Waals surface area contributed by atoms with Crippen molar-refractivity contribution in [2.24, 2.45) is 0 Å². The number of hydrogen-bond donors (Lipinski definition) is 0. The number of aromatic nitrogens is 2. The van der Waals surface area contributed by atoms with Crippen LogP contribution in [0.15, 0.2) is 66.7 Å². The Morgan fingerprint density at radius 1 is 0.773 bits per heavy atom. The van der Waals surface area contributed by atoms with E-state index in [1.807, 2.05) is 36.4 Å². The third-order valence-electron chi connectivity index (χ3n) is 3.67. The normalized spacial score (nSPS) is 10.6. The summed E-state index contributed by atoms with van der Waals surface area (Å²) in [4.78, 5) is 9.53. The lowest BCUT2D eigenvalue weighted by atomic mass is 10.1. The van der Waals surface area contributed by atoms with Gasteiger partial charge < -0.3 is 0 Å². The minimum Gasteiger partial charge on any atom is -0.233 e. The van der Waals surface area contributed by atoms with Crippen molar-refractivity contribution >= 4 is 0 Å². The van der Waals surface area contributed by atoms with Crippen molar-refractivity contribution in [2.75, 3.05) is 0 Å². The molecule has 22 heavy (non-hydrogen) atoms. The largest absolute Gasteiger partial charge is 0.233 e. The van der Waals surface area contributed by atoms with Gasteiger partial charge >= 0.3 is 0 Å². The summed E-state index contributed by atoms with van der Waals surface area (Å²) in [5, 5.41) is 0. The van der Waals surface area contributed by atoms with Gasteiger partial charge in [-0.2, -0.15) is 0 Å². The molecule has 0 radical (unpaired) electrons. The monoisotopic (exact) mass is 288 g/mol. The van der Waals surface area contributed by atoms with Crippen molar-refractivity contribution in [3.63, 3.8) is 0 Å². The van der Waals surface area contributed by atoms with Crippen LogP contribution in [0.2, 0.25) is 0 Å². The summed E-state index contributed by atoms with van der Waals surface area (Å²) < 4.78 is 0. The highest BCUT2D eigenvalue weighted by Crippen LogP contribution is 2.22. The molecule has 1 heterocycles. The van der Waals surface area contributed by atoms with Crippen LogP contribution in [-0.4, -0.2) is 9.97 Å². The van der Waals surface area contributed by atoms with Gasteiger partial charge in [0.05, 0.1) is 5.69 Å². The van der Waals surface area contributed by atoms with Crippen LogP contribution in [0, 0.1) is 0 Å². The van der Waals surface area contributed by atoms with Crippen molar-refractivity contribution in [3.05, 3.63) is 72.4 Å². The first-order chi connectivity index (χ1) is 10.9. The molecule has 0 fully saturated rings. The minimum absolute atomic E-state index is 0.813. The lowest BCUT2D eigenvalue weighted by Gasteiger charge is -2.08. The summed E-state index contributed by atoms with van der Waals surface area (Å²) in [6.07, 6.45) is 3.32. The fraction of sp³-hybridized carbons (Fsp3) is 0.200. The average Bonchev–Trinajstić information content (AvgIpc) is 2.61. The van der Waals surface area contributed by atoms with Gasteiger partial charge in [0.15, 0.2) is 5.82 Å². The maximum atomic E-state index is 4.77. The first-order valence-electron chi connectivity index (χ1n) is 7.85. The number of hydrogen-bond acceptors (Lipinski definition) is 2. The maximum Gasteiger partial charge on any atom is 0.160 e. The number of nitrogens with zero attached hydrogens (tertiary/aromatic N) is 2. The van der Waals surface area contributed by atoms with Crippen LogP contribution in [0.1, 0.15) is 25.5 Å². The average molecular weight is 288 g/mol. The first-order valence-corrected chi connectivity index (χ1v) is 7.85. The summed E-state index contributed by atoms with van der Waals surface area (Å²) in [6, 6.07) is 22.6. The smallest absolute Gasteiger partial charge is 0.160 e. The highest BCUT2D eigenvalue weighted by atomic mass is 14.9. The summed E-state index contributed by atoms with van der Waals surface area (Å²) in [5.41, 5.74) is 4.33. The van der Waals surface area contributed by atoms with Crippen molar-refractivity contribution in [1.82, 2.24) is 9.97 Å². The molecule has 0 spiro atoms. The molecule has 3 rings (SSSR count). The zero-order valence-corrected chi connectivity index (χ0v) is 12.9. The molecule has 0 amide bonds. The van der Waals surface area contributed by atoms with Gasteiger partial charge in [-0.05, 0) is 18.9 Å². The predicted octanol–water partition coefficient (Wildman–Crippen LogP) is 5.15. The van der Waals surface area contributed by atoms with Gasteiger partial charge in [0, 0.05) is 16.8 Å². The van der Waals surface area contributed by atoms with Crippen LogP contribution in [-0.2, 0) is 6.42 Å². The molecule has 0 atom stereocenters. The van der Waals surface area contributed by atoms with Gasteiger partial charge in [-0.15, -0.1) is 0 Å². The van der Waals surface area contributed by atoms with E-state index in [-0.39, 0.29) is 0 Å². The molecule has 1 aromatic heterocycles. The number of benzene rings is 2. The Balaban J connectivity index is 2.06. The summed E-state index contributed by atoms with van der Waals surface area (Å²) >= 11 is 0. The molecule has 0 aliphatic carbocycles. The molecule has 3 aromatic rings. The van der Waals surface area contributed by atoms with E-state index in [2.05, 4.69) is 37.3 Å². The molecular formula is C20H20N2. The van der Waals surface area contributed by atoms with E-state index in [0.29, 0.717) is 0 Å². The Kier molecular flexibility index (Phi) is 4.59. The fourth-order valence-electron chi connectivity index (χ4n) is 2.46. The van der Waals surface area contributed by atoms with E-state index in [1.54, 1.807) is 0 Å². The maximum absolute atomic E-state index is 4.77. The number of aryl methyl sites for hydroxylation is 1. The molecule has 2 nitrogen and oxygen atoms in total. The Hall–Kier alpha value is -2.48. The molecule has 0 aliphatic heterocycles. The summed E-state index contributed by atoms with van der Waals surface area (Å²) in [6.45, 7) is 2.21. The molecule has 0 unspecified atom stereocenters. The zero-order chi connectivity index (χ0) is 15.2. The van der Waals surface area contributed by atoms with Gasteiger partial charge in [-0.1, -0.05) is 74.0 Å². The van der Waals surface area contributed by atoms with Crippen molar-refractivity contribution < 1.29 is 0 Å². The molecule has 2 aromatic carbocycles. The van der Waals surface area contributed by atoms with E-state index in [9.17, 15) is 0 Å². The number of rotatable bonds is 5. The van der Waals surface area contributed by atoms with E-state index in [1.165, 1.54) is 6.42 Å².